The highest BCUT2D eigenvalue weighted by atomic mass is 32.1. The molecule has 0 spiro atoms. The van der Waals surface area contributed by atoms with Crippen molar-refractivity contribution in [1.82, 2.24) is 9.97 Å². The van der Waals surface area contributed by atoms with Gasteiger partial charge in [0, 0.05) is 23.8 Å². The van der Waals surface area contributed by atoms with Gasteiger partial charge in [-0.15, -0.1) is 11.3 Å². The second kappa shape index (κ2) is 7.17. The molecule has 0 atom stereocenters. The van der Waals surface area contributed by atoms with Gasteiger partial charge in [-0.3, -0.25) is 15.1 Å². The molecule has 2 heterocycles. The molecule has 1 amide bonds. The van der Waals surface area contributed by atoms with Crippen LogP contribution in [0.25, 0.3) is 0 Å². The average molecular weight is 304 g/mol. The van der Waals surface area contributed by atoms with E-state index in [4.69, 9.17) is 0 Å². The van der Waals surface area contributed by atoms with Crippen LogP contribution < -0.4 is 10.6 Å². The Morgan fingerprint density at radius 1 is 1.38 bits per heavy atom. The number of aryl methyl sites for hydroxylation is 2. The summed E-state index contributed by atoms with van der Waals surface area (Å²) in [6.45, 7) is 6.98. The van der Waals surface area contributed by atoms with Gasteiger partial charge in [0.15, 0.2) is 5.13 Å². The molecule has 0 aromatic carbocycles. The maximum absolute atomic E-state index is 12.4. The van der Waals surface area contributed by atoms with E-state index in [0.717, 1.165) is 35.6 Å². The number of pyridine rings is 1. The van der Waals surface area contributed by atoms with Crippen molar-refractivity contribution in [2.75, 3.05) is 17.2 Å². The summed E-state index contributed by atoms with van der Waals surface area (Å²) >= 11 is 1.50. The van der Waals surface area contributed by atoms with Gasteiger partial charge < -0.3 is 5.32 Å². The minimum absolute atomic E-state index is 0.182. The third-order valence-corrected chi connectivity index (χ3v) is 4.01. The van der Waals surface area contributed by atoms with E-state index in [1.807, 2.05) is 13.0 Å². The molecule has 0 saturated carbocycles. The van der Waals surface area contributed by atoms with Crippen molar-refractivity contribution < 1.29 is 4.79 Å². The van der Waals surface area contributed by atoms with Gasteiger partial charge in [0.05, 0.1) is 16.9 Å². The van der Waals surface area contributed by atoms with Gasteiger partial charge in [-0.1, -0.05) is 13.8 Å². The standard InChI is InChI=1S/C15H20N4OS/c1-4-7-17-13-6-8-16-9-11(13)14(20)19-15-18-12(5-2)10(3)21-15/h6,8-9H,4-5,7H2,1-3H3,(H,16,17)(H,18,19,20). The van der Waals surface area contributed by atoms with Crippen LogP contribution in [0.3, 0.4) is 0 Å². The summed E-state index contributed by atoms with van der Waals surface area (Å²) < 4.78 is 0. The zero-order valence-corrected chi connectivity index (χ0v) is 13.4. The summed E-state index contributed by atoms with van der Waals surface area (Å²) in [6, 6.07) is 1.81. The normalized spacial score (nSPS) is 10.4. The topological polar surface area (TPSA) is 66.9 Å². The Kier molecular flexibility index (Phi) is 5.27. The monoisotopic (exact) mass is 304 g/mol. The predicted octanol–water partition coefficient (Wildman–Crippen LogP) is 3.48. The van der Waals surface area contributed by atoms with Crippen LogP contribution in [-0.2, 0) is 6.42 Å². The smallest absolute Gasteiger partial charge is 0.261 e. The molecule has 2 rings (SSSR count). The number of amides is 1. The molecule has 0 aliphatic rings. The van der Waals surface area contributed by atoms with Gasteiger partial charge in [-0.2, -0.15) is 0 Å². The highest BCUT2D eigenvalue weighted by Gasteiger charge is 2.14. The molecule has 2 aromatic heterocycles. The van der Waals surface area contributed by atoms with Crippen molar-refractivity contribution in [1.29, 1.82) is 0 Å². The van der Waals surface area contributed by atoms with E-state index in [1.165, 1.54) is 11.3 Å². The van der Waals surface area contributed by atoms with Gasteiger partial charge in [0.2, 0.25) is 0 Å². The summed E-state index contributed by atoms with van der Waals surface area (Å²) in [5.41, 5.74) is 2.37. The Labute approximate surface area is 128 Å². The Bertz CT molecular complexity index is 624. The molecule has 5 nitrogen and oxygen atoms in total. The van der Waals surface area contributed by atoms with Gasteiger partial charge in [-0.05, 0) is 25.8 Å². The van der Waals surface area contributed by atoms with E-state index >= 15 is 0 Å². The number of aromatic nitrogens is 2. The Morgan fingerprint density at radius 3 is 2.86 bits per heavy atom. The van der Waals surface area contributed by atoms with E-state index < -0.39 is 0 Å². The molecule has 0 bridgehead atoms. The zero-order valence-electron chi connectivity index (χ0n) is 12.6. The molecule has 0 unspecified atom stereocenters. The van der Waals surface area contributed by atoms with Crippen molar-refractivity contribution in [2.24, 2.45) is 0 Å². The lowest BCUT2D eigenvalue weighted by atomic mass is 10.2. The lowest BCUT2D eigenvalue weighted by molar-refractivity contribution is 0.102. The van der Waals surface area contributed by atoms with Crippen LogP contribution in [0, 0.1) is 6.92 Å². The molecule has 0 aliphatic carbocycles. The first-order chi connectivity index (χ1) is 10.2. The van der Waals surface area contributed by atoms with Crippen molar-refractivity contribution in [3.05, 3.63) is 34.6 Å². The van der Waals surface area contributed by atoms with Crippen LogP contribution in [0.5, 0.6) is 0 Å². The molecule has 6 heteroatoms. The van der Waals surface area contributed by atoms with Gasteiger partial charge in [0.1, 0.15) is 0 Å². The summed E-state index contributed by atoms with van der Waals surface area (Å²) in [4.78, 5) is 22.0. The molecule has 112 valence electrons. The minimum Gasteiger partial charge on any atom is -0.384 e. The maximum Gasteiger partial charge on any atom is 0.261 e. The van der Waals surface area contributed by atoms with Crippen molar-refractivity contribution >= 4 is 28.1 Å². The van der Waals surface area contributed by atoms with Crippen LogP contribution in [0.15, 0.2) is 18.5 Å². The SMILES string of the molecule is CCCNc1ccncc1C(=O)Nc1nc(CC)c(C)s1. The average Bonchev–Trinajstić information content (AvgIpc) is 2.85. The summed E-state index contributed by atoms with van der Waals surface area (Å²) in [5, 5.41) is 6.74. The third kappa shape index (κ3) is 3.78. The number of nitrogens with zero attached hydrogens (tertiary/aromatic N) is 2. The summed E-state index contributed by atoms with van der Waals surface area (Å²) in [5.74, 6) is -0.182. The number of hydrogen-bond acceptors (Lipinski definition) is 5. The number of carbonyl (C=O) groups excluding carboxylic acids is 1. The van der Waals surface area contributed by atoms with Gasteiger partial charge in [-0.25, -0.2) is 4.98 Å². The summed E-state index contributed by atoms with van der Waals surface area (Å²) in [6.07, 6.45) is 5.12. The molecule has 2 aromatic rings. The lowest BCUT2D eigenvalue weighted by Crippen LogP contribution is -2.15. The predicted molar refractivity (Wildman–Crippen MR) is 87.2 cm³/mol. The molecule has 21 heavy (non-hydrogen) atoms. The highest BCUT2D eigenvalue weighted by molar-refractivity contribution is 7.15. The highest BCUT2D eigenvalue weighted by Crippen LogP contribution is 2.23. The van der Waals surface area contributed by atoms with Crippen LogP contribution in [0.2, 0.25) is 0 Å². The maximum atomic E-state index is 12.4. The largest absolute Gasteiger partial charge is 0.384 e. The molecule has 0 saturated heterocycles. The van der Waals surface area contributed by atoms with Gasteiger partial charge >= 0.3 is 0 Å². The molecule has 0 fully saturated rings. The molecular weight excluding hydrogens is 284 g/mol. The van der Waals surface area contributed by atoms with Crippen molar-refractivity contribution in [2.45, 2.75) is 33.6 Å². The summed E-state index contributed by atoms with van der Waals surface area (Å²) in [7, 11) is 0. The number of nitrogens with one attached hydrogen (secondary N) is 2. The molecular formula is C15H20N4OS. The first-order valence-electron chi connectivity index (χ1n) is 7.11. The van der Waals surface area contributed by atoms with Gasteiger partial charge in [0.25, 0.3) is 5.91 Å². The van der Waals surface area contributed by atoms with Crippen LogP contribution in [-0.4, -0.2) is 22.4 Å². The number of hydrogen-bond donors (Lipinski definition) is 2. The Hall–Kier alpha value is -1.95. The number of carbonyl (C=O) groups is 1. The first kappa shape index (κ1) is 15.4. The quantitative estimate of drug-likeness (QED) is 0.857. The van der Waals surface area contributed by atoms with Crippen LogP contribution in [0.4, 0.5) is 10.8 Å². The minimum atomic E-state index is -0.182. The fourth-order valence-electron chi connectivity index (χ4n) is 1.96. The Balaban J connectivity index is 2.16. The molecule has 0 radical (unpaired) electrons. The van der Waals surface area contributed by atoms with E-state index in [-0.39, 0.29) is 5.91 Å². The number of thiazole rings is 1. The fraction of sp³-hybridized carbons (Fsp3) is 0.400. The van der Waals surface area contributed by atoms with E-state index in [0.29, 0.717) is 10.7 Å². The third-order valence-electron chi connectivity index (χ3n) is 3.08. The van der Waals surface area contributed by atoms with Crippen molar-refractivity contribution in [3.8, 4) is 0 Å². The molecule has 2 N–H and O–H groups in total. The first-order valence-corrected chi connectivity index (χ1v) is 7.92. The van der Waals surface area contributed by atoms with E-state index in [9.17, 15) is 4.79 Å². The second-order valence-electron chi connectivity index (χ2n) is 4.68. The number of rotatable bonds is 6. The Morgan fingerprint density at radius 2 is 2.19 bits per heavy atom. The van der Waals surface area contributed by atoms with Crippen LogP contribution in [0.1, 0.15) is 41.2 Å². The zero-order chi connectivity index (χ0) is 15.2. The molecule has 0 aliphatic heterocycles. The lowest BCUT2D eigenvalue weighted by Gasteiger charge is -2.09. The van der Waals surface area contributed by atoms with E-state index in [2.05, 4.69) is 34.4 Å². The fourth-order valence-corrected chi connectivity index (χ4v) is 2.86. The van der Waals surface area contributed by atoms with E-state index in [1.54, 1.807) is 12.4 Å². The number of anilines is 2. The van der Waals surface area contributed by atoms with Crippen molar-refractivity contribution in [3.63, 3.8) is 0 Å². The van der Waals surface area contributed by atoms with Crippen LogP contribution >= 0.6 is 11.3 Å². The second-order valence-corrected chi connectivity index (χ2v) is 5.88.